The van der Waals surface area contributed by atoms with Crippen LogP contribution < -0.4 is 4.72 Å². The molecule has 5 nitrogen and oxygen atoms in total. The largest absolute Gasteiger partial charge is 0.477 e. The molecule has 1 aromatic carbocycles. The molecule has 2 N–H and O–H groups in total. The van der Waals surface area contributed by atoms with E-state index in [9.17, 15) is 18.3 Å². The van der Waals surface area contributed by atoms with Gasteiger partial charge in [-0.05, 0) is 48.6 Å². The van der Waals surface area contributed by atoms with E-state index in [1.807, 2.05) is 20.8 Å². The molecule has 0 aliphatic rings. The quantitative estimate of drug-likeness (QED) is 0.769. The Bertz CT molecular complexity index is 940. The molecule has 0 aliphatic heterocycles. The van der Waals surface area contributed by atoms with Crippen molar-refractivity contribution in [1.82, 2.24) is 0 Å². The predicted octanol–water partition coefficient (Wildman–Crippen LogP) is 4.81. The Hall–Kier alpha value is -1.57. The lowest BCUT2D eigenvalue weighted by Gasteiger charge is -2.15. The summed E-state index contributed by atoms with van der Waals surface area (Å²) in [5, 5.41) is 9.89. The van der Waals surface area contributed by atoms with Gasteiger partial charge in [-0.2, -0.15) is 0 Å². The van der Waals surface area contributed by atoms with Gasteiger partial charge in [-0.25, -0.2) is 13.2 Å². The van der Waals surface area contributed by atoms with Gasteiger partial charge in [-0.15, -0.1) is 11.3 Å². The Morgan fingerprint density at radius 2 is 1.76 bits per heavy atom. The molecule has 1 heterocycles. The molecule has 0 bridgehead atoms. The first-order valence-electron chi connectivity index (χ1n) is 7.50. The third-order valence-electron chi connectivity index (χ3n) is 3.66. The van der Waals surface area contributed by atoms with Crippen LogP contribution in [-0.4, -0.2) is 19.5 Å². The van der Waals surface area contributed by atoms with E-state index in [0.717, 1.165) is 16.2 Å². The van der Waals surface area contributed by atoms with Crippen LogP contribution in [0.4, 0.5) is 5.69 Å². The van der Waals surface area contributed by atoms with Crippen molar-refractivity contribution in [2.75, 3.05) is 4.72 Å². The molecular formula is C17H20ClNO4S2. The van der Waals surface area contributed by atoms with Gasteiger partial charge in [0.05, 0.1) is 10.6 Å². The van der Waals surface area contributed by atoms with E-state index in [2.05, 4.69) is 4.72 Å². The minimum Gasteiger partial charge on any atom is -0.477 e. The third-order valence-corrected chi connectivity index (χ3v) is 7.12. The van der Waals surface area contributed by atoms with E-state index >= 15 is 0 Å². The highest BCUT2D eigenvalue weighted by Gasteiger charge is 2.26. The van der Waals surface area contributed by atoms with Crippen molar-refractivity contribution < 1.29 is 18.3 Å². The number of carboxylic acids is 1. The van der Waals surface area contributed by atoms with Crippen LogP contribution in [0.15, 0.2) is 23.1 Å². The highest BCUT2D eigenvalue weighted by atomic mass is 35.5. The molecule has 0 atom stereocenters. The van der Waals surface area contributed by atoms with Gasteiger partial charge in [0.25, 0.3) is 10.0 Å². The molecule has 2 rings (SSSR count). The van der Waals surface area contributed by atoms with Crippen LogP contribution in [0.3, 0.4) is 0 Å². The first-order chi connectivity index (χ1) is 11.3. The standard InChI is InChI=1S/C17H20ClNO4S2/c1-9-7-13(10(2)6-11(9)18)25(22,23)19-12-8-14(17(3,4)5)24-15(12)16(20)21/h6-8,19H,1-5H3,(H,20,21). The third kappa shape index (κ3) is 4.16. The van der Waals surface area contributed by atoms with E-state index in [4.69, 9.17) is 11.6 Å². The summed E-state index contributed by atoms with van der Waals surface area (Å²) in [6, 6.07) is 4.65. The van der Waals surface area contributed by atoms with Crippen molar-refractivity contribution in [3.8, 4) is 0 Å². The summed E-state index contributed by atoms with van der Waals surface area (Å²) in [6.45, 7) is 9.18. The number of thiophene rings is 1. The lowest BCUT2D eigenvalue weighted by Crippen LogP contribution is -2.16. The van der Waals surface area contributed by atoms with Gasteiger partial charge < -0.3 is 5.11 Å². The topological polar surface area (TPSA) is 83.5 Å². The zero-order valence-corrected chi connectivity index (χ0v) is 17.0. The normalized spacial score (nSPS) is 12.2. The predicted molar refractivity (Wildman–Crippen MR) is 102 cm³/mol. The molecule has 1 aromatic heterocycles. The maximum atomic E-state index is 12.8. The Labute approximate surface area is 156 Å². The second-order valence-corrected chi connectivity index (χ2v) is 9.99. The number of halogens is 1. The van der Waals surface area contributed by atoms with Gasteiger partial charge in [0.15, 0.2) is 0 Å². The van der Waals surface area contributed by atoms with Gasteiger partial charge in [0, 0.05) is 9.90 Å². The fourth-order valence-corrected chi connectivity index (χ4v) is 4.91. The summed E-state index contributed by atoms with van der Waals surface area (Å²) in [5.74, 6) is -1.16. The second-order valence-electron chi connectivity index (χ2n) is 6.88. The zero-order valence-electron chi connectivity index (χ0n) is 14.6. The first kappa shape index (κ1) is 19.8. The number of sulfonamides is 1. The number of nitrogens with one attached hydrogen (secondary N) is 1. The van der Waals surface area contributed by atoms with Crippen molar-refractivity contribution >= 4 is 44.6 Å². The molecule has 8 heteroatoms. The van der Waals surface area contributed by atoms with E-state index in [0.29, 0.717) is 16.1 Å². The number of rotatable bonds is 4. The summed E-state index contributed by atoms with van der Waals surface area (Å²) in [6.07, 6.45) is 0. The van der Waals surface area contributed by atoms with Gasteiger partial charge in [0.2, 0.25) is 0 Å². The molecule has 25 heavy (non-hydrogen) atoms. The van der Waals surface area contributed by atoms with Crippen LogP contribution in [0.25, 0.3) is 0 Å². The highest BCUT2D eigenvalue weighted by molar-refractivity contribution is 7.92. The SMILES string of the molecule is Cc1cc(S(=O)(=O)Nc2cc(C(C)(C)C)sc2C(=O)O)c(C)cc1Cl. The van der Waals surface area contributed by atoms with E-state index in [1.54, 1.807) is 26.0 Å². The van der Waals surface area contributed by atoms with E-state index in [1.165, 1.54) is 6.07 Å². The van der Waals surface area contributed by atoms with Gasteiger partial charge in [-0.3, -0.25) is 4.72 Å². The average Bonchev–Trinajstić information content (AvgIpc) is 2.86. The number of benzene rings is 1. The summed E-state index contributed by atoms with van der Waals surface area (Å²) in [5.41, 5.74) is 0.915. The molecule has 0 saturated heterocycles. The lowest BCUT2D eigenvalue weighted by molar-refractivity contribution is 0.0703. The molecule has 136 valence electrons. The van der Waals surface area contributed by atoms with Crippen LogP contribution >= 0.6 is 22.9 Å². The van der Waals surface area contributed by atoms with Gasteiger partial charge in [-0.1, -0.05) is 32.4 Å². The van der Waals surface area contributed by atoms with E-state index < -0.39 is 16.0 Å². The molecule has 0 spiro atoms. The van der Waals surface area contributed by atoms with Gasteiger partial charge in [0.1, 0.15) is 4.88 Å². The second kappa shape index (κ2) is 6.63. The summed E-state index contributed by atoms with van der Waals surface area (Å²) < 4.78 is 28.0. The maximum absolute atomic E-state index is 12.8. The Balaban J connectivity index is 2.53. The fraction of sp³-hybridized carbons (Fsp3) is 0.353. The van der Waals surface area contributed by atoms with Crippen LogP contribution in [-0.2, 0) is 15.4 Å². The van der Waals surface area contributed by atoms with Crippen LogP contribution in [0.2, 0.25) is 5.02 Å². The summed E-state index contributed by atoms with van der Waals surface area (Å²) in [4.78, 5) is 12.3. The summed E-state index contributed by atoms with van der Waals surface area (Å²) >= 11 is 7.10. The number of anilines is 1. The van der Waals surface area contributed by atoms with Crippen LogP contribution in [0.1, 0.15) is 46.4 Å². The van der Waals surface area contributed by atoms with Crippen LogP contribution in [0, 0.1) is 13.8 Å². The average molecular weight is 402 g/mol. The molecule has 0 unspecified atom stereocenters. The van der Waals surface area contributed by atoms with Crippen molar-refractivity contribution in [2.24, 2.45) is 0 Å². The number of aryl methyl sites for hydroxylation is 2. The Morgan fingerprint density at radius 1 is 1.16 bits per heavy atom. The zero-order chi connectivity index (χ0) is 19.2. The lowest BCUT2D eigenvalue weighted by atomic mass is 9.95. The Morgan fingerprint density at radius 3 is 2.28 bits per heavy atom. The minimum absolute atomic E-state index is 0.0307. The van der Waals surface area contributed by atoms with Crippen molar-refractivity contribution in [1.29, 1.82) is 0 Å². The number of carbonyl (C=O) groups is 1. The molecule has 0 radical (unpaired) electrons. The van der Waals surface area contributed by atoms with Gasteiger partial charge >= 0.3 is 5.97 Å². The van der Waals surface area contributed by atoms with Crippen molar-refractivity contribution in [2.45, 2.75) is 44.9 Å². The van der Waals surface area contributed by atoms with Crippen molar-refractivity contribution in [3.05, 3.63) is 44.1 Å². The monoisotopic (exact) mass is 401 g/mol. The maximum Gasteiger partial charge on any atom is 0.348 e. The molecule has 0 fully saturated rings. The highest BCUT2D eigenvalue weighted by Crippen LogP contribution is 2.36. The van der Waals surface area contributed by atoms with E-state index in [-0.39, 0.29) is 20.9 Å². The number of hydrogen-bond donors (Lipinski definition) is 2. The number of aromatic carboxylic acids is 1. The van der Waals surface area contributed by atoms with Crippen molar-refractivity contribution in [3.63, 3.8) is 0 Å². The first-order valence-corrected chi connectivity index (χ1v) is 10.2. The minimum atomic E-state index is -3.94. The Kier molecular flexibility index (Phi) is 5.23. The molecule has 2 aromatic rings. The molecule has 0 aliphatic carbocycles. The number of carboxylic acid groups (broad SMARTS) is 1. The summed E-state index contributed by atoms with van der Waals surface area (Å²) in [7, 11) is -3.94. The molecule has 0 amide bonds. The molecule has 0 saturated carbocycles. The van der Waals surface area contributed by atoms with Crippen LogP contribution in [0.5, 0.6) is 0 Å². The number of hydrogen-bond acceptors (Lipinski definition) is 4. The molecular weight excluding hydrogens is 382 g/mol. The smallest absolute Gasteiger partial charge is 0.348 e. The fourth-order valence-electron chi connectivity index (χ4n) is 2.24.